The molecule has 24 heavy (non-hydrogen) atoms. The van der Waals surface area contributed by atoms with E-state index in [0.717, 1.165) is 45.1 Å². The summed E-state index contributed by atoms with van der Waals surface area (Å²) in [7, 11) is 0. The number of fused-ring (bicyclic) bond motifs is 5. The van der Waals surface area contributed by atoms with Gasteiger partial charge in [0.25, 0.3) is 0 Å². The van der Waals surface area contributed by atoms with E-state index in [1.54, 1.807) is 0 Å². The Bertz CT molecular complexity index is 645. The molecule has 1 unspecified atom stereocenters. The number of Topliss-reactive ketones (excluding diaryl/α,β-unsaturated/α-hetero) is 1. The lowest BCUT2D eigenvalue weighted by atomic mass is 9.46. The summed E-state index contributed by atoms with van der Waals surface area (Å²) in [5, 5.41) is 0. The molecule has 0 spiro atoms. The second-order valence-electron chi connectivity index (χ2n) is 9.51. The molecule has 4 aliphatic carbocycles. The van der Waals surface area contributed by atoms with Crippen molar-refractivity contribution in [1.29, 1.82) is 0 Å². The lowest BCUT2D eigenvalue weighted by Crippen LogP contribution is -2.52. The van der Waals surface area contributed by atoms with Crippen molar-refractivity contribution in [3.05, 3.63) is 11.6 Å². The standard InChI is InChI=1S/C21H28O3/c1-20-8-7-16-13(15(20)5-6-19(20)23)4-3-12-9-17(22)14(18-11-24-18)10-21(12,16)2/h9,13-16,18H,3-8,10-11H2,1-2H3/t13-,14?,15-,16-,18+,20-,21-/m0/s1. The van der Waals surface area contributed by atoms with Crippen LogP contribution in [0.25, 0.3) is 0 Å². The van der Waals surface area contributed by atoms with Crippen LogP contribution in [0.1, 0.15) is 58.8 Å². The number of carbonyl (C=O) groups excluding carboxylic acids is 2. The van der Waals surface area contributed by atoms with E-state index in [1.165, 1.54) is 12.0 Å². The third-order valence-corrected chi connectivity index (χ3v) is 8.58. The van der Waals surface area contributed by atoms with Gasteiger partial charge in [0, 0.05) is 11.8 Å². The van der Waals surface area contributed by atoms with Crippen LogP contribution in [-0.4, -0.2) is 24.3 Å². The minimum absolute atomic E-state index is 0.0533. The van der Waals surface area contributed by atoms with Gasteiger partial charge < -0.3 is 4.74 Å². The molecule has 0 aromatic carbocycles. The summed E-state index contributed by atoms with van der Waals surface area (Å²) in [6.07, 6.45) is 9.47. The SMILES string of the molecule is C[C@]12CC([C@H]3CO3)C(=O)C=C1CC[C@@H]1[C@@H]2CC[C@]2(C)C(=O)CC[C@@H]12. The maximum absolute atomic E-state index is 12.5. The van der Waals surface area contributed by atoms with Crippen LogP contribution < -0.4 is 0 Å². The van der Waals surface area contributed by atoms with Crippen LogP contribution in [0.15, 0.2) is 11.6 Å². The molecule has 130 valence electrons. The van der Waals surface area contributed by atoms with Crippen LogP contribution in [0.2, 0.25) is 0 Å². The Balaban J connectivity index is 1.50. The number of rotatable bonds is 1. The van der Waals surface area contributed by atoms with Crippen LogP contribution in [0.4, 0.5) is 0 Å². The van der Waals surface area contributed by atoms with Gasteiger partial charge in [-0.15, -0.1) is 0 Å². The smallest absolute Gasteiger partial charge is 0.161 e. The molecule has 1 aliphatic heterocycles. The van der Waals surface area contributed by atoms with Gasteiger partial charge in [-0.05, 0) is 67.8 Å². The average Bonchev–Trinajstić information content (AvgIpc) is 3.34. The highest BCUT2D eigenvalue weighted by atomic mass is 16.6. The molecule has 3 nitrogen and oxygen atoms in total. The summed E-state index contributed by atoms with van der Waals surface area (Å²) in [6, 6.07) is 0. The predicted octanol–water partition coefficient (Wildman–Crippen LogP) is 3.71. The average molecular weight is 328 g/mol. The molecule has 7 atom stereocenters. The van der Waals surface area contributed by atoms with Gasteiger partial charge in [0.15, 0.2) is 5.78 Å². The minimum atomic E-state index is -0.0533. The summed E-state index contributed by atoms with van der Waals surface area (Å²) < 4.78 is 5.48. The normalized spacial score (nSPS) is 53.1. The number of carbonyl (C=O) groups is 2. The van der Waals surface area contributed by atoms with Crippen molar-refractivity contribution in [2.75, 3.05) is 6.61 Å². The van der Waals surface area contributed by atoms with Crippen molar-refractivity contribution < 1.29 is 14.3 Å². The Morgan fingerprint density at radius 3 is 2.54 bits per heavy atom. The first-order valence-electron chi connectivity index (χ1n) is 9.83. The van der Waals surface area contributed by atoms with E-state index in [-0.39, 0.29) is 22.9 Å². The molecule has 5 rings (SSSR count). The van der Waals surface area contributed by atoms with Crippen molar-refractivity contribution in [3.63, 3.8) is 0 Å². The summed E-state index contributed by atoms with van der Waals surface area (Å²) in [6.45, 7) is 5.41. The second-order valence-corrected chi connectivity index (χ2v) is 9.51. The number of epoxide rings is 1. The molecule has 5 aliphatic rings. The highest BCUT2D eigenvalue weighted by Gasteiger charge is 2.60. The second kappa shape index (κ2) is 4.81. The predicted molar refractivity (Wildman–Crippen MR) is 90.3 cm³/mol. The zero-order valence-corrected chi connectivity index (χ0v) is 14.8. The first-order chi connectivity index (χ1) is 11.4. The summed E-state index contributed by atoms with van der Waals surface area (Å²) in [4.78, 5) is 25.0. The van der Waals surface area contributed by atoms with Gasteiger partial charge in [-0.2, -0.15) is 0 Å². The third kappa shape index (κ3) is 1.88. The van der Waals surface area contributed by atoms with Gasteiger partial charge in [-0.25, -0.2) is 0 Å². The van der Waals surface area contributed by atoms with Crippen LogP contribution in [0.5, 0.6) is 0 Å². The quantitative estimate of drug-likeness (QED) is 0.689. The Morgan fingerprint density at radius 1 is 1.04 bits per heavy atom. The van der Waals surface area contributed by atoms with E-state index in [9.17, 15) is 9.59 Å². The van der Waals surface area contributed by atoms with E-state index >= 15 is 0 Å². The van der Waals surface area contributed by atoms with E-state index in [0.29, 0.717) is 29.3 Å². The Labute approximate surface area is 144 Å². The van der Waals surface area contributed by atoms with E-state index in [2.05, 4.69) is 13.8 Å². The zero-order chi connectivity index (χ0) is 16.7. The van der Waals surface area contributed by atoms with Crippen LogP contribution in [-0.2, 0) is 14.3 Å². The maximum atomic E-state index is 12.5. The van der Waals surface area contributed by atoms with Gasteiger partial charge in [0.2, 0.25) is 0 Å². The van der Waals surface area contributed by atoms with Gasteiger partial charge in [0.1, 0.15) is 5.78 Å². The fourth-order valence-corrected chi connectivity index (χ4v) is 7.06. The zero-order valence-electron chi connectivity index (χ0n) is 14.8. The highest BCUT2D eigenvalue weighted by molar-refractivity contribution is 5.94. The largest absolute Gasteiger partial charge is 0.372 e. The maximum Gasteiger partial charge on any atom is 0.161 e. The molecule has 3 saturated carbocycles. The van der Waals surface area contributed by atoms with Gasteiger partial charge in [-0.1, -0.05) is 19.4 Å². The molecular weight excluding hydrogens is 300 g/mol. The number of ketones is 2. The van der Waals surface area contributed by atoms with Crippen molar-refractivity contribution in [2.24, 2.45) is 34.5 Å². The van der Waals surface area contributed by atoms with Gasteiger partial charge in [0.05, 0.1) is 18.6 Å². The lowest BCUT2D eigenvalue weighted by molar-refractivity contribution is -0.133. The molecule has 0 bridgehead atoms. The summed E-state index contributed by atoms with van der Waals surface area (Å²) in [5.74, 6) is 2.80. The van der Waals surface area contributed by atoms with E-state index in [1.807, 2.05) is 6.08 Å². The van der Waals surface area contributed by atoms with Crippen molar-refractivity contribution in [2.45, 2.75) is 64.9 Å². The molecule has 0 aromatic heterocycles. The molecular formula is C21H28O3. The summed E-state index contributed by atoms with van der Waals surface area (Å²) in [5.41, 5.74) is 1.50. The van der Waals surface area contributed by atoms with E-state index < -0.39 is 0 Å². The topological polar surface area (TPSA) is 46.7 Å². The van der Waals surface area contributed by atoms with Crippen LogP contribution in [0, 0.1) is 34.5 Å². The van der Waals surface area contributed by atoms with Crippen molar-refractivity contribution in [1.82, 2.24) is 0 Å². The van der Waals surface area contributed by atoms with Crippen LogP contribution >= 0.6 is 0 Å². The lowest BCUT2D eigenvalue weighted by Gasteiger charge is -2.57. The molecule has 0 radical (unpaired) electrons. The molecule has 0 N–H and O–H groups in total. The number of hydrogen-bond acceptors (Lipinski definition) is 3. The monoisotopic (exact) mass is 328 g/mol. The molecule has 3 heteroatoms. The fourth-order valence-electron chi connectivity index (χ4n) is 7.06. The number of hydrogen-bond donors (Lipinski definition) is 0. The molecule has 0 aromatic rings. The third-order valence-electron chi connectivity index (χ3n) is 8.58. The number of allylic oxidation sites excluding steroid dienone is 1. The Hall–Kier alpha value is -0.960. The van der Waals surface area contributed by atoms with Gasteiger partial charge in [-0.3, -0.25) is 9.59 Å². The fraction of sp³-hybridized carbons (Fsp3) is 0.810. The molecule has 1 saturated heterocycles. The van der Waals surface area contributed by atoms with Crippen molar-refractivity contribution in [3.8, 4) is 0 Å². The van der Waals surface area contributed by atoms with E-state index in [4.69, 9.17) is 4.74 Å². The van der Waals surface area contributed by atoms with Crippen molar-refractivity contribution >= 4 is 11.6 Å². The first kappa shape index (κ1) is 15.3. The van der Waals surface area contributed by atoms with Gasteiger partial charge >= 0.3 is 0 Å². The Morgan fingerprint density at radius 2 is 1.79 bits per heavy atom. The highest BCUT2D eigenvalue weighted by Crippen LogP contribution is 2.65. The minimum Gasteiger partial charge on any atom is -0.372 e. The number of ether oxygens (including phenoxy) is 1. The molecule has 4 fully saturated rings. The first-order valence-corrected chi connectivity index (χ1v) is 9.83. The Kier molecular flexibility index (Phi) is 3.07. The molecule has 1 heterocycles. The summed E-state index contributed by atoms with van der Waals surface area (Å²) >= 11 is 0. The van der Waals surface area contributed by atoms with Crippen LogP contribution in [0.3, 0.4) is 0 Å². The molecule has 0 amide bonds.